The molecule has 0 aromatic heterocycles. The lowest BCUT2D eigenvalue weighted by Crippen LogP contribution is -2.32. The summed E-state index contributed by atoms with van der Waals surface area (Å²) in [6.07, 6.45) is 5.32. The highest BCUT2D eigenvalue weighted by atomic mass is 16.3. The minimum absolute atomic E-state index is 0.343. The summed E-state index contributed by atoms with van der Waals surface area (Å²) in [6.45, 7) is 3.26. The minimum Gasteiger partial charge on any atom is -0.508 e. The van der Waals surface area contributed by atoms with Crippen molar-refractivity contribution in [2.24, 2.45) is 5.92 Å². The first kappa shape index (κ1) is 11.5. The maximum Gasteiger partial charge on any atom is 0.115 e. The Bertz CT molecular complexity index is 312. The third kappa shape index (κ3) is 3.24. The molecule has 0 radical (unpaired) electrons. The molecule has 1 fully saturated rings. The summed E-state index contributed by atoms with van der Waals surface area (Å²) in [4.78, 5) is 0. The lowest BCUT2D eigenvalue weighted by atomic mass is 9.87. The monoisotopic (exact) mass is 219 g/mol. The molecule has 0 aliphatic heterocycles. The Hall–Kier alpha value is -1.02. The topological polar surface area (TPSA) is 32.3 Å². The third-order valence-corrected chi connectivity index (χ3v) is 3.55. The molecule has 1 aromatic rings. The molecule has 0 unspecified atom stereocenters. The first-order valence-corrected chi connectivity index (χ1v) is 6.25. The SMILES string of the molecule is CC1CCC(NCc2ccc(O)cc2)CC1. The zero-order valence-corrected chi connectivity index (χ0v) is 9.95. The second kappa shape index (κ2) is 5.35. The van der Waals surface area contributed by atoms with Gasteiger partial charge in [0.05, 0.1) is 0 Å². The van der Waals surface area contributed by atoms with Gasteiger partial charge in [-0.15, -0.1) is 0 Å². The van der Waals surface area contributed by atoms with Crippen LogP contribution in [0.3, 0.4) is 0 Å². The molecule has 2 rings (SSSR count). The van der Waals surface area contributed by atoms with Gasteiger partial charge in [0.15, 0.2) is 0 Å². The van der Waals surface area contributed by atoms with Crippen LogP contribution in [0.4, 0.5) is 0 Å². The summed E-state index contributed by atoms with van der Waals surface area (Å²) >= 11 is 0. The number of benzene rings is 1. The zero-order valence-electron chi connectivity index (χ0n) is 9.95. The highest BCUT2D eigenvalue weighted by Crippen LogP contribution is 2.23. The van der Waals surface area contributed by atoms with E-state index < -0.39 is 0 Å². The van der Waals surface area contributed by atoms with Crippen LogP contribution in [0.5, 0.6) is 5.75 Å². The molecule has 2 heteroatoms. The Morgan fingerprint density at radius 2 is 1.75 bits per heavy atom. The Kier molecular flexibility index (Phi) is 3.83. The van der Waals surface area contributed by atoms with E-state index in [-0.39, 0.29) is 0 Å². The first-order chi connectivity index (χ1) is 7.74. The Balaban J connectivity index is 1.77. The number of nitrogens with one attached hydrogen (secondary N) is 1. The molecule has 0 atom stereocenters. The van der Waals surface area contributed by atoms with Crippen molar-refractivity contribution in [3.63, 3.8) is 0 Å². The van der Waals surface area contributed by atoms with Crippen molar-refractivity contribution in [3.05, 3.63) is 29.8 Å². The van der Waals surface area contributed by atoms with Gasteiger partial charge in [-0.05, 0) is 49.3 Å². The molecule has 2 N–H and O–H groups in total. The molecule has 88 valence electrons. The fourth-order valence-electron chi connectivity index (χ4n) is 2.34. The van der Waals surface area contributed by atoms with E-state index in [4.69, 9.17) is 0 Å². The quantitative estimate of drug-likeness (QED) is 0.819. The molecular formula is C14H21NO. The van der Waals surface area contributed by atoms with Crippen LogP contribution in [0.1, 0.15) is 38.2 Å². The first-order valence-electron chi connectivity index (χ1n) is 6.25. The van der Waals surface area contributed by atoms with E-state index in [1.165, 1.54) is 31.2 Å². The summed E-state index contributed by atoms with van der Waals surface area (Å²) < 4.78 is 0. The average molecular weight is 219 g/mol. The highest BCUT2D eigenvalue weighted by molar-refractivity contribution is 5.25. The van der Waals surface area contributed by atoms with Crippen molar-refractivity contribution in [3.8, 4) is 5.75 Å². The predicted octanol–water partition coefficient (Wildman–Crippen LogP) is 3.06. The van der Waals surface area contributed by atoms with Gasteiger partial charge in [0.25, 0.3) is 0 Å². The van der Waals surface area contributed by atoms with Gasteiger partial charge in [-0.3, -0.25) is 0 Å². The molecule has 1 aliphatic rings. The molecular weight excluding hydrogens is 198 g/mol. The maximum absolute atomic E-state index is 9.18. The van der Waals surface area contributed by atoms with Gasteiger partial charge in [-0.1, -0.05) is 19.1 Å². The fraction of sp³-hybridized carbons (Fsp3) is 0.571. The molecule has 0 saturated heterocycles. The average Bonchev–Trinajstić information content (AvgIpc) is 2.30. The summed E-state index contributed by atoms with van der Waals surface area (Å²) in [6, 6.07) is 8.14. The number of hydrogen-bond acceptors (Lipinski definition) is 2. The van der Waals surface area contributed by atoms with Crippen LogP contribution in [0.2, 0.25) is 0 Å². The van der Waals surface area contributed by atoms with Crippen LogP contribution >= 0.6 is 0 Å². The van der Waals surface area contributed by atoms with Gasteiger partial charge in [-0.2, -0.15) is 0 Å². The van der Waals surface area contributed by atoms with Crippen LogP contribution in [-0.4, -0.2) is 11.1 Å². The molecule has 1 aromatic carbocycles. The number of phenolic OH excluding ortho intramolecular Hbond substituents is 1. The van der Waals surface area contributed by atoms with Crippen molar-refractivity contribution in [2.75, 3.05) is 0 Å². The lowest BCUT2D eigenvalue weighted by Gasteiger charge is -2.27. The number of hydrogen-bond donors (Lipinski definition) is 2. The van der Waals surface area contributed by atoms with Gasteiger partial charge >= 0.3 is 0 Å². The van der Waals surface area contributed by atoms with E-state index in [0.29, 0.717) is 11.8 Å². The van der Waals surface area contributed by atoms with Gasteiger partial charge in [0.1, 0.15) is 5.75 Å². The highest BCUT2D eigenvalue weighted by Gasteiger charge is 2.17. The van der Waals surface area contributed by atoms with E-state index in [1.807, 2.05) is 12.1 Å². The van der Waals surface area contributed by atoms with Crippen LogP contribution in [0.15, 0.2) is 24.3 Å². The van der Waals surface area contributed by atoms with Crippen LogP contribution in [0.25, 0.3) is 0 Å². The zero-order chi connectivity index (χ0) is 11.4. The van der Waals surface area contributed by atoms with Crippen LogP contribution < -0.4 is 5.32 Å². The predicted molar refractivity (Wildman–Crippen MR) is 66.4 cm³/mol. The van der Waals surface area contributed by atoms with Gasteiger partial charge < -0.3 is 10.4 Å². The minimum atomic E-state index is 0.343. The van der Waals surface area contributed by atoms with E-state index in [1.54, 1.807) is 12.1 Å². The van der Waals surface area contributed by atoms with Crippen molar-refractivity contribution in [1.29, 1.82) is 0 Å². The summed E-state index contributed by atoms with van der Waals surface area (Å²) in [5.41, 5.74) is 1.25. The molecule has 16 heavy (non-hydrogen) atoms. The van der Waals surface area contributed by atoms with Gasteiger partial charge in [0, 0.05) is 12.6 Å². The molecule has 0 bridgehead atoms. The summed E-state index contributed by atoms with van der Waals surface area (Å²) in [5, 5.41) is 12.8. The van der Waals surface area contributed by atoms with E-state index in [9.17, 15) is 5.11 Å². The largest absolute Gasteiger partial charge is 0.508 e. The lowest BCUT2D eigenvalue weighted by molar-refractivity contribution is 0.306. The number of aromatic hydroxyl groups is 1. The summed E-state index contributed by atoms with van der Waals surface area (Å²) in [5.74, 6) is 1.25. The number of rotatable bonds is 3. The molecule has 0 amide bonds. The van der Waals surface area contributed by atoms with Crippen molar-refractivity contribution in [2.45, 2.75) is 45.2 Å². The van der Waals surface area contributed by atoms with Crippen molar-refractivity contribution < 1.29 is 5.11 Å². The Morgan fingerprint density at radius 1 is 1.12 bits per heavy atom. The molecule has 2 nitrogen and oxygen atoms in total. The van der Waals surface area contributed by atoms with Gasteiger partial charge in [0.2, 0.25) is 0 Å². The molecule has 0 spiro atoms. The fourth-order valence-corrected chi connectivity index (χ4v) is 2.34. The normalized spacial score (nSPS) is 25.6. The summed E-state index contributed by atoms with van der Waals surface area (Å²) in [7, 11) is 0. The van der Waals surface area contributed by atoms with Crippen molar-refractivity contribution in [1.82, 2.24) is 5.32 Å². The maximum atomic E-state index is 9.18. The van der Waals surface area contributed by atoms with E-state index in [2.05, 4.69) is 12.2 Å². The second-order valence-corrected chi connectivity index (χ2v) is 5.00. The standard InChI is InChI=1S/C14H21NO/c1-11-2-6-13(7-3-11)15-10-12-4-8-14(16)9-5-12/h4-5,8-9,11,13,15-16H,2-3,6-7,10H2,1H3. The van der Waals surface area contributed by atoms with Crippen molar-refractivity contribution >= 4 is 0 Å². The Morgan fingerprint density at radius 3 is 2.38 bits per heavy atom. The van der Waals surface area contributed by atoms with E-state index >= 15 is 0 Å². The second-order valence-electron chi connectivity index (χ2n) is 5.00. The Labute approximate surface area is 97.7 Å². The number of phenols is 1. The van der Waals surface area contributed by atoms with Crippen LogP contribution in [0, 0.1) is 5.92 Å². The van der Waals surface area contributed by atoms with Crippen LogP contribution in [-0.2, 0) is 6.54 Å². The molecule has 0 heterocycles. The molecule has 1 saturated carbocycles. The smallest absolute Gasteiger partial charge is 0.115 e. The molecule has 1 aliphatic carbocycles. The van der Waals surface area contributed by atoms with Gasteiger partial charge in [-0.25, -0.2) is 0 Å². The van der Waals surface area contributed by atoms with E-state index in [0.717, 1.165) is 12.5 Å². The third-order valence-electron chi connectivity index (χ3n) is 3.55.